The number of aromatic hydroxyl groups is 1. The van der Waals surface area contributed by atoms with Crippen LogP contribution in [0.25, 0.3) is 6.08 Å². The van der Waals surface area contributed by atoms with Crippen molar-refractivity contribution in [1.29, 1.82) is 0 Å². The molecular weight excluding hydrogens is 429 g/mol. The number of hydrogen-bond acceptors (Lipinski definition) is 6. The highest BCUT2D eigenvalue weighted by Gasteiger charge is 2.34. The van der Waals surface area contributed by atoms with Gasteiger partial charge in [-0.3, -0.25) is 29.9 Å². The van der Waals surface area contributed by atoms with E-state index in [1.807, 2.05) is 0 Å². The van der Waals surface area contributed by atoms with Crippen molar-refractivity contribution in [3.8, 4) is 5.75 Å². The highest BCUT2D eigenvalue weighted by Crippen LogP contribution is 2.31. The van der Waals surface area contributed by atoms with E-state index >= 15 is 0 Å². The van der Waals surface area contributed by atoms with Gasteiger partial charge < -0.3 is 5.11 Å². The number of amides is 2. The van der Waals surface area contributed by atoms with E-state index in [0.717, 1.165) is 23.1 Å². The Morgan fingerprint density at radius 3 is 2.50 bits per heavy atom. The Morgan fingerprint density at radius 1 is 1.14 bits per heavy atom. The average molecular weight is 438 g/mol. The lowest BCUT2D eigenvalue weighted by Crippen LogP contribution is -2.54. The molecule has 1 aliphatic heterocycles. The molecule has 1 aliphatic rings. The number of nitro groups is 1. The molecule has 1 saturated heterocycles. The van der Waals surface area contributed by atoms with Gasteiger partial charge in [0.2, 0.25) is 0 Å². The molecule has 11 heteroatoms. The Hall–Kier alpha value is -3.01. The smallest absolute Gasteiger partial charge is 0.311 e. The number of nitrogens with one attached hydrogen (secondary N) is 1. The largest absolute Gasteiger partial charge is 0.502 e. The van der Waals surface area contributed by atoms with Crippen molar-refractivity contribution in [3.05, 3.63) is 67.7 Å². The van der Waals surface area contributed by atoms with Crippen LogP contribution in [0, 0.1) is 10.1 Å². The summed E-state index contributed by atoms with van der Waals surface area (Å²) in [7, 11) is 0. The Morgan fingerprint density at radius 2 is 1.86 bits per heavy atom. The van der Waals surface area contributed by atoms with Crippen molar-refractivity contribution < 1.29 is 19.6 Å². The number of anilines is 1. The minimum absolute atomic E-state index is 0.151. The van der Waals surface area contributed by atoms with Gasteiger partial charge in [-0.15, -0.1) is 0 Å². The first-order valence-electron chi connectivity index (χ1n) is 7.53. The molecule has 0 unspecified atom stereocenters. The lowest BCUT2D eigenvalue weighted by molar-refractivity contribution is -0.385. The van der Waals surface area contributed by atoms with Crippen molar-refractivity contribution in [2.24, 2.45) is 0 Å². The van der Waals surface area contributed by atoms with E-state index in [2.05, 4.69) is 5.32 Å². The molecule has 0 atom stereocenters. The molecule has 0 aromatic heterocycles. The Labute approximate surface area is 173 Å². The van der Waals surface area contributed by atoms with Crippen molar-refractivity contribution >= 4 is 69.8 Å². The van der Waals surface area contributed by atoms with Crippen LogP contribution in [0.2, 0.25) is 10.0 Å². The van der Waals surface area contributed by atoms with E-state index in [0.29, 0.717) is 0 Å². The molecule has 0 aliphatic carbocycles. The Kier molecular flexibility index (Phi) is 5.32. The molecule has 28 heavy (non-hydrogen) atoms. The number of rotatable bonds is 3. The summed E-state index contributed by atoms with van der Waals surface area (Å²) < 4.78 is 0. The van der Waals surface area contributed by atoms with E-state index in [4.69, 9.17) is 35.4 Å². The number of halogens is 2. The summed E-state index contributed by atoms with van der Waals surface area (Å²) in [4.78, 5) is 36.4. The number of carbonyl (C=O) groups excluding carboxylic acids is 2. The number of phenols is 1. The number of nitro benzene ring substituents is 1. The summed E-state index contributed by atoms with van der Waals surface area (Å²) in [5.41, 5.74) is -0.411. The fourth-order valence-electron chi connectivity index (χ4n) is 2.46. The van der Waals surface area contributed by atoms with E-state index in [1.54, 1.807) is 0 Å². The topological polar surface area (TPSA) is 113 Å². The van der Waals surface area contributed by atoms with Crippen LogP contribution in [-0.4, -0.2) is 27.0 Å². The van der Waals surface area contributed by atoms with Crippen LogP contribution < -0.4 is 10.2 Å². The highest BCUT2D eigenvalue weighted by molar-refractivity contribution is 7.80. The fraction of sp³-hybridized carbons (Fsp3) is 0. The van der Waals surface area contributed by atoms with Crippen LogP contribution in [-0.2, 0) is 9.59 Å². The minimum atomic E-state index is -0.781. The maximum atomic E-state index is 12.9. The zero-order chi connectivity index (χ0) is 20.6. The predicted octanol–water partition coefficient (Wildman–Crippen LogP) is 3.44. The van der Waals surface area contributed by atoms with Crippen molar-refractivity contribution in [2.75, 3.05) is 4.90 Å². The van der Waals surface area contributed by atoms with Crippen molar-refractivity contribution in [1.82, 2.24) is 5.32 Å². The first kappa shape index (κ1) is 19.7. The first-order valence-corrected chi connectivity index (χ1v) is 8.69. The average Bonchev–Trinajstić information content (AvgIpc) is 2.62. The number of thiocarbonyl (C=S) groups is 1. The summed E-state index contributed by atoms with van der Waals surface area (Å²) in [6.07, 6.45) is 1.16. The van der Waals surface area contributed by atoms with Crippen molar-refractivity contribution in [2.45, 2.75) is 0 Å². The van der Waals surface area contributed by atoms with Gasteiger partial charge >= 0.3 is 5.69 Å². The summed E-state index contributed by atoms with van der Waals surface area (Å²) in [5.74, 6) is -2.05. The van der Waals surface area contributed by atoms with E-state index in [1.165, 1.54) is 24.3 Å². The summed E-state index contributed by atoms with van der Waals surface area (Å²) >= 11 is 16.9. The quantitative estimate of drug-likeness (QED) is 0.250. The molecule has 0 bridgehead atoms. The van der Waals surface area contributed by atoms with E-state index < -0.39 is 28.2 Å². The molecule has 3 rings (SSSR count). The predicted molar refractivity (Wildman–Crippen MR) is 107 cm³/mol. The fourth-order valence-corrected chi connectivity index (χ4v) is 3.03. The van der Waals surface area contributed by atoms with Crippen LogP contribution >= 0.6 is 35.4 Å². The van der Waals surface area contributed by atoms with Crippen LogP contribution in [0.4, 0.5) is 11.4 Å². The standard InChI is InChI=1S/C17H9Cl2N3O5S/c18-11-3-2-9(7-12(11)19)21-16(25)10(15(24)20-17(21)28)5-8-1-4-14(23)13(6-8)22(26)27/h1-7,23H,(H,20,24,28)/b10-5+. The van der Waals surface area contributed by atoms with E-state index in [9.17, 15) is 24.8 Å². The van der Waals surface area contributed by atoms with Gasteiger partial charge in [0.1, 0.15) is 5.57 Å². The number of benzene rings is 2. The summed E-state index contributed by atoms with van der Waals surface area (Å²) in [6, 6.07) is 7.84. The highest BCUT2D eigenvalue weighted by atomic mass is 35.5. The summed E-state index contributed by atoms with van der Waals surface area (Å²) in [5, 5.41) is 23.2. The molecule has 0 spiro atoms. The van der Waals surface area contributed by atoms with Gasteiger partial charge in [0.05, 0.1) is 20.7 Å². The van der Waals surface area contributed by atoms with Gasteiger partial charge in [0.15, 0.2) is 10.9 Å². The molecule has 1 heterocycles. The molecule has 2 aromatic rings. The molecule has 1 fully saturated rings. The lowest BCUT2D eigenvalue weighted by Gasteiger charge is -2.29. The number of nitrogens with zero attached hydrogens (tertiary/aromatic N) is 2. The van der Waals surface area contributed by atoms with Gasteiger partial charge in [-0.05, 0) is 48.1 Å². The Balaban J connectivity index is 2.05. The van der Waals surface area contributed by atoms with Crippen LogP contribution in [0.3, 0.4) is 0 Å². The zero-order valence-corrected chi connectivity index (χ0v) is 16.0. The van der Waals surface area contributed by atoms with Gasteiger partial charge in [-0.2, -0.15) is 0 Å². The first-order chi connectivity index (χ1) is 13.2. The molecular formula is C17H9Cl2N3O5S. The minimum Gasteiger partial charge on any atom is -0.502 e. The van der Waals surface area contributed by atoms with Crippen LogP contribution in [0.1, 0.15) is 5.56 Å². The monoisotopic (exact) mass is 437 g/mol. The SMILES string of the molecule is O=C1NC(=S)N(c2ccc(Cl)c(Cl)c2)C(=O)/C1=C/c1ccc(O)c([N+](=O)[O-])c1. The van der Waals surface area contributed by atoms with Gasteiger partial charge in [-0.25, -0.2) is 0 Å². The van der Waals surface area contributed by atoms with Crippen molar-refractivity contribution in [3.63, 3.8) is 0 Å². The van der Waals surface area contributed by atoms with Crippen LogP contribution in [0.5, 0.6) is 5.75 Å². The second-order valence-electron chi connectivity index (χ2n) is 5.56. The number of carbonyl (C=O) groups is 2. The second-order valence-corrected chi connectivity index (χ2v) is 6.76. The molecule has 2 amide bonds. The van der Waals surface area contributed by atoms with Crippen LogP contribution in [0.15, 0.2) is 42.0 Å². The number of phenolic OH excluding ortho intramolecular Hbond substituents is 1. The third-order valence-corrected chi connectivity index (χ3v) is 4.79. The van der Waals surface area contributed by atoms with Gasteiger partial charge in [0, 0.05) is 6.07 Å². The molecule has 2 aromatic carbocycles. The molecule has 0 saturated carbocycles. The maximum Gasteiger partial charge on any atom is 0.311 e. The molecule has 2 N–H and O–H groups in total. The second kappa shape index (κ2) is 7.55. The Bertz CT molecular complexity index is 1090. The summed E-state index contributed by atoms with van der Waals surface area (Å²) in [6.45, 7) is 0. The van der Waals surface area contributed by atoms with Gasteiger partial charge in [0.25, 0.3) is 11.8 Å². The molecule has 8 nitrogen and oxygen atoms in total. The number of hydrogen-bond donors (Lipinski definition) is 2. The zero-order valence-electron chi connectivity index (χ0n) is 13.7. The third kappa shape index (κ3) is 3.68. The van der Waals surface area contributed by atoms with Gasteiger partial charge in [-0.1, -0.05) is 29.3 Å². The molecule has 0 radical (unpaired) electrons. The van der Waals surface area contributed by atoms with E-state index in [-0.39, 0.29) is 32.0 Å². The third-order valence-electron chi connectivity index (χ3n) is 3.77. The molecule has 142 valence electrons. The lowest BCUT2D eigenvalue weighted by atomic mass is 10.1. The maximum absolute atomic E-state index is 12.9. The normalized spacial score (nSPS) is 15.7.